The van der Waals surface area contributed by atoms with Crippen LogP contribution in [0.3, 0.4) is 0 Å². The Kier molecular flexibility index (Phi) is 3.58. The third kappa shape index (κ3) is 2.22. The van der Waals surface area contributed by atoms with Gasteiger partial charge < -0.3 is 10.8 Å². The van der Waals surface area contributed by atoms with E-state index in [1.165, 1.54) is 0 Å². The van der Waals surface area contributed by atoms with Gasteiger partial charge in [0.15, 0.2) is 0 Å². The fourth-order valence-corrected chi connectivity index (χ4v) is 1.41. The lowest BCUT2D eigenvalue weighted by Crippen LogP contribution is -1.87. The number of benzene rings is 2. The van der Waals surface area contributed by atoms with E-state index in [0.29, 0.717) is 5.69 Å². The Bertz CT molecular complexity index is 443. The second-order valence-electron chi connectivity index (χ2n) is 3.11. The molecule has 15 heavy (non-hydrogen) atoms. The molecular formula is C12H12ClNO. The topological polar surface area (TPSA) is 46.2 Å². The summed E-state index contributed by atoms with van der Waals surface area (Å²) >= 11 is 0. The normalized spacial score (nSPS) is 9.33. The maximum absolute atomic E-state index is 9.73. The first-order chi connectivity index (χ1) is 6.79. The van der Waals surface area contributed by atoms with Crippen LogP contribution >= 0.6 is 12.4 Å². The molecule has 0 unspecified atom stereocenters. The van der Waals surface area contributed by atoms with Crippen molar-refractivity contribution in [3.8, 4) is 16.9 Å². The highest BCUT2D eigenvalue weighted by Gasteiger charge is 2.05. The zero-order valence-corrected chi connectivity index (χ0v) is 8.87. The summed E-state index contributed by atoms with van der Waals surface area (Å²) in [6.07, 6.45) is 0. The first kappa shape index (κ1) is 11.4. The van der Waals surface area contributed by atoms with E-state index in [-0.39, 0.29) is 18.2 Å². The summed E-state index contributed by atoms with van der Waals surface area (Å²) in [5.41, 5.74) is 7.76. The summed E-state index contributed by atoms with van der Waals surface area (Å²) in [6.45, 7) is 0. The van der Waals surface area contributed by atoms with Crippen LogP contribution in [0.2, 0.25) is 0 Å². The average Bonchev–Trinajstić information content (AvgIpc) is 2.23. The minimum atomic E-state index is 0. The van der Waals surface area contributed by atoms with Gasteiger partial charge in [-0.2, -0.15) is 0 Å². The zero-order chi connectivity index (χ0) is 9.97. The Labute approximate surface area is 94.8 Å². The summed E-state index contributed by atoms with van der Waals surface area (Å²) < 4.78 is 0. The molecule has 0 radical (unpaired) electrons. The number of phenols is 1. The van der Waals surface area contributed by atoms with Crippen LogP contribution < -0.4 is 5.73 Å². The van der Waals surface area contributed by atoms with E-state index in [2.05, 4.69) is 0 Å². The molecule has 0 aliphatic carbocycles. The van der Waals surface area contributed by atoms with Crippen LogP contribution in [0.5, 0.6) is 5.75 Å². The molecule has 0 heterocycles. The number of para-hydroxylation sites is 1. The predicted molar refractivity (Wildman–Crippen MR) is 65.2 cm³/mol. The van der Waals surface area contributed by atoms with Gasteiger partial charge in [0.05, 0.1) is 5.69 Å². The molecule has 0 aromatic heterocycles. The second-order valence-corrected chi connectivity index (χ2v) is 3.11. The van der Waals surface area contributed by atoms with Crippen LogP contribution in [-0.2, 0) is 0 Å². The molecule has 2 nitrogen and oxygen atoms in total. The summed E-state index contributed by atoms with van der Waals surface area (Å²) in [5, 5.41) is 9.73. The van der Waals surface area contributed by atoms with Gasteiger partial charge in [-0.3, -0.25) is 0 Å². The third-order valence-electron chi connectivity index (χ3n) is 2.15. The molecule has 0 amide bonds. The number of nitrogens with two attached hydrogens (primary N) is 1. The highest BCUT2D eigenvalue weighted by atomic mass is 35.5. The Morgan fingerprint density at radius 2 is 1.53 bits per heavy atom. The Morgan fingerprint density at radius 3 is 2.20 bits per heavy atom. The molecule has 0 atom stereocenters. The molecule has 3 heteroatoms. The van der Waals surface area contributed by atoms with E-state index >= 15 is 0 Å². The van der Waals surface area contributed by atoms with Crippen molar-refractivity contribution in [3.63, 3.8) is 0 Å². The molecule has 0 fully saturated rings. The second kappa shape index (κ2) is 4.71. The molecule has 0 bridgehead atoms. The van der Waals surface area contributed by atoms with Crippen molar-refractivity contribution >= 4 is 18.1 Å². The van der Waals surface area contributed by atoms with Crippen LogP contribution in [0, 0.1) is 0 Å². The van der Waals surface area contributed by atoms with Crippen LogP contribution in [0.25, 0.3) is 11.1 Å². The monoisotopic (exact) mass is 221 g/mol. The molecular weight excluding hydrogens is 210 g/mol. The maximum Gasteiger partial charge on any atom is 0.146 e. The predicted octanol–water partition coefficient (Wildman–Crippen LogP) is 3.06. The van der Waals surface area contributed by atoms with E-state index < -0.39 is 0 Å². The molecule has 0 aliphatic heterocycles. The minimum absolute atomic E-state index is 0. The zero-order valence-electron chi connectivity index (χ0n) is 8.05. The Morgan fingerprint density at radius 1 is 0.867 bits per heavy atom. The number of aromatic hydroxyl groups is 1. The van der Waals surface area contributed by atoms with Crippen molar-refractivity contribution < 1.29 is 5.11 Å². The van der Waals surface area contributed by atoms with E-state index in [1.807, 2.05) is 42.5 Å². The molecule has 0 aliphatic rings. The molecule has 3 N–H and O–H groups in total. The number of halogens is 1. The van der Waals surface area contributed by atoms with Gasteiger partial charge in [0.25, 0.3) is 0 Å². The SMILES string of the molecule is Cl.Nc1cccc(-c2ccccc2)c1O. The first-order valence-electron chi connectivity index (χ1n) is 4.42. The maximum atomic E-state index is 9.73. The smallest absolute Gasteiger partial charge is 0.146 e. The van der Waals surface area contributed by atoms with Crippen molar-refractivity contribution in [2.45, 2.75) is 0 Å². The third-order valence-corrected chi connectivity index (χ3v) is 2.15. The summed E-state index contributed by atoms with van der Waals surface area (Å²) in [4.78, 5) is 0. The average molecular weight is 222 g/mol. The van der Waals surface area contributed by atoms with Crippen molar-refractivity contribution in [2.75, 3.05) is 5.73 Å². The number of rotatable bonds is 1. The molecule has 0 spiro atoms. The quantitative estimate of drug-likeness (QED) is 0.574. The van der Waals surface area contributed by atoms with Gasteiger partial charge in [0.1, 0.15) is 5.75 Å². The Balaban J connectivity index is 0.00000112. The number of hydrogen-bond acceptors (Lipinski definition) is 2. The number of hydrogen-bond donors (Lipinski definition) is 2. The van der Waals surface area contributed by atoms with Gasteiger partial charge in [-0.25, -0.2) is 0 Å². The van der Waals surface area contributed by atoms with E-state index in [0.717, 1.165) is 11.1 Å². The molecule has 0 saturated heterocycles. The minimum Gasteiger partial charge on any atom is -0.505 e. The number of nitrogen functional groups attached to an aromatic ring is 1. The van der Waals surface area contributed by atoms with Crippen LogP contribution in [0.15, 0.2) is 48.5 Å². The summed E-state index contributed by atoms with van der Waals surface area (Å²) in [7, 11) is 0. The summed E-state index contributed by atoms with van der Waals surface area (Å²) in [5.74, 6) is 0.152. The lowest BCUT2D eigenvalue weighted by molar-refractivity contribution is 0.480. The van der Waals surface area contributed by atoms with Gasteiger partial charge in [-0.15, -0.1) is 12.4 Å². The van der Waals surface area contributed by atoms with Crippen molar-refractivity contribution in [1.82, 2.24) is 0 Å². The van der Waals surface area contributed by atoms with Gasteiger partial charge in [0, 0.05) is 5.56 Å². The van der Waals surface area contributed by atoms with E-state index in [1.54, 1.807) is 6.07 Å². The fraction of sp³-hybridized carbons (Fsp3) is 0. The van der Waals surface area contributed by atoms with Gasteiger partial charge in [-0.05, 0) is 11.6 Å². The fourth-order valence-electron chi connectivity index (χ4n) is 1.41. The number of phenolic OH excluding ortho intramolecular Hbond substituents is 1. The van der Waals surface area contributed by atoms with Crippen LogP contribution in [0.4, 0.5) is 5.69 Å². The molecule has 2 aromatic carbocycles. The standard InChI is InChI=1S/C12H11NO.ClH/c13-11-8-4-7-10(12(11)14)9-5-2-1-3-6-9;/h1-8,14H,13H2;1H. The lowest BCUT2D eigenvalue weighted by Gasteiger charge is -2.06. The van der Waals surface area contributed by atoms with Crippen molar-refractivity contribution in [3.05, 3.63) is 48.5 Å². The van der Waals surface area contributed by atoms with E-state index in [4.69, 9.17) is 5.73 Å². The van der Waals surface area contributed by atoms with Crippen molar-refractivity contribution in [1.29, 1.82) is 0 Å². The molecule has 2 rings (SSSR count). The molecule has 0 saturated carbocycles. The van der Waals surface area contributed by atoms with E-state index in [9.17, 15) is 5.11 Å². The Hall–Kier alpha value is -1.67. The summed E-state index contributed by atoms with van der Waals surface area (Å²) in [6, 6.07) is 15.0. The molecule has 2 aromatic rings. The first-order valence-corrected chi connectivity index (χ1v) is 4.42. The van der Waals surface area contributed by atoms with Crippen molar-refractivity contribution in [2.24, 2.45) is 0 Å². The lowest BCUT2D eigenvalue weighted by atomic mass is 10.0. The van der Waals surface area contributed by atoms with Gasteiger partial charge in [0.2, 0.25) is 0 Å². The number of anilines is 1. The molecule has 78 valence electrons. The van der Waals surface area contributed by atoms with Gasteiger partial charge in [-0.1, -0.05) is 42.5 Å². The highest BCUT2D eigenvalue weighted by Crippen LogP contribution is 2.33. The highest BCUT2D eigenvalue weighted by molar-refractivity contribution is 5.85. The van der Waals surface area contributed by atoms with Gasteiger partial charge >= 0.3 is 0 Å². The largest absolute Gasteiger partial charge is 0.505 e. The van der Waals surface area contributed by atoms with Crippen LogP contribution in [-0.4, -0.2) is 5.11 Å². The van der Waals surface area contributed by atoms with Crippen LogP contribution in [0.1, 0.15) is 0 Å².